The molecule has 1 aromatic rings. The van der Waals surface area contributed by atoms with Crippen LogP contribution in [0.2, 0.25) is 15.2 Å². The standard InChI is InChI=1S/C13H16Cl3N3O/c14-10-4-11(15)13(18-12(10)16)17-5-9-6-19-3-1-2-8(19)7-20-9/h4,8-9H,1-3,5-7H2,(H,17,18). The molecule has 2 aliphatic heterocycles. The number of hydrogen-bond donors (Lipinski definition) is 1. The maximum atomic E-state index is 6.09. The molecule has 0 aliphatic carbocycles. The van der Waals surface area contributed by atoms with Crippen LogP contribution in [-0.2, 0) is 4.74 Å². The van der Waals surface area contributed by atoms with E-state index < -0.39 is 0 Å². The monoisotopic (exact) mass is 335 g/mol. The molecule has 2 saturated heterocycles. The average Bonchev–Trinajstić information content (AvgIpc) is 2.89. The highest BCUT2D eigenvalue weighted by Gasteiger charge is 2.32. The maximum Gasteiger partial charge on any atom is 0.150 e. The Kier molecular flexibility index (Phi) is 4.58. The van der Waals surface area contributed by atoms with Gasteiger partial charge in [-0.05, 0) is 25.5 Å². The summed E-state index contributed by atoms with van der Waals surface area (Å²) in [5.74, 6) is 0.549. The summed E-state index contributed by atoms with van der Waals surface area (Å²) in [6.45, 7) is 3.61. The Morgan fingerprint density at radius 3 is 3.05 bits per heavy atom. The summed E-state index contributed by atoms with van der Waals surface area (Å²) < 4.78 is 5.87. The lowest BCUT2D eigenvalue weighted by Crippen LogP contribution is -2.48. The Bertz CT molecular complexity index is 500. The van der Waals surface area contributed by atoms with Crippen molar-refractivity contribution in [3.05, 3.63) is 21.3 Å². The van der Waals surface area contributed by atoms with Crippen molar-refractivity contribution in [1.29, 1.82) is 0 Å². The number of aromatic nitrogens is 1. The van der Waals surface area contributed by atoms with E-state index in [4.69, 9.17) is 39.5 Å². The lowest BCUT2D eigenvalue weighted by atomic mass is 10.2. The van der Waals surface area contributed by atoms with Gasteiger partial charge in [0.25, 0.3) is 0 Å². The summed E-state index contributed by atoms with van der Waals surface area (Å²) in [7, 11) is 0. The minimum absolute atomic E-state index is 0.150. The van der Waals surface area contributed by atoms with E-state index in [2.05, 4.69) is 15.2 Å². The summed E-state index contributed by atoms with van der Waals surface area (Å²) >= 11 is 17.8. The molecule has 3 rings (SSSR count). The van der Waals surface area contributed by atoms with Gasteiger partial charge in [-0.2, -0.15) is 0 Å². The molecule has 0 spiro atoms. The van der Waals surface area contributed by atoms with E-state index >= 15 is 0 Å². The number of morpholine rings is 1. The summed E-state index contributed by atoms with van der Waals surface area (Å²) in [6, 6.07) is 2.21. The smallest absolute Gasteiger partial charge is 0.150 e. The van der Waals surface area contributed by atoms with Crippen molar-refractivity contribution < 1.29 is 4.74 Å². The topological polar surface area (TPSA) is 37.4 Å². The maximum absolute atomic E-state index is 6.09. The number of rotatable bonds is 3. The molecule has 0 aromatic carbocycles. The van der Waals surface area contributed by atoms with Crippen LogP contribution in [0.1, 0.15) is 12.8 Å². The van der Waals surface area contributed by atoms with Crippen LogP contribution in [0.25, 0.3) is 0 Å². The number of nitrogens with zero attached hydrogens (tertiary/aromatic N) is 2. The van der Waals surface area contributed by atoms with E-state index in [9.17, 15) is 0 Å². The van der Waals surface area contributed by atoms with E-state index in [1.54, 1.807) is 6.07 Å². The molecule has 1 N–H and O–H groups in total. The van der Waals surface area contributed by atoms with Gasteiger partial charge < -0.3 is 10.1 Å². The van der Waals surface area contributed by atoms with Gasteiger partial charge in [-0.3, -0.25) is 4.90 Å². The van der Waals surface area contributed by atoms with Gasteiger partial charge in [-0.15, -0.1) is 0 Å². The third-order valence-corrected chi connectivity index (χ3v) is 4.81. The molecule has 2 atom stereocenters. The third kappa shape index (κ3) is 3.15. The van der Waals surface area contributed by atoms with Crippen LogP contribution in [0.15, 0.2) is 6.07 Å². The van der Waals surface area contributed by atoms with Crippen LogP contribution in [0, 0.1) is 0 Å². The SMILES string of the molecule is Clc1cc(Cl)c(NCC2CN3CCCC3CO2)nc1Cl. The number of anilines is 1. The molecule has 2 fully saturated rings. The van der Waals surface area contributed by atoms with Gasteiger partial charge in [-0.1, -0.05) is 34.8 Å². The Hall–Kier alpha value is -0.260. The molecule has 4 nitrogen and oxygen atoms in total. The normalized spacial score (nSPS) is 26.6. The summed E-state index contributed by atoms with van der Waals surface area (Å²) in [6.07, 6.45) is 2.67. The molecular weight excluding hydrogens is 321 g/mol. The van der Waals surface area contributed by atoms with Crippen molar-refractivity contribution in [3.8, 4) is 0 Å². The number of halogens is 3. The van der Waals surface area contributed by atoms with Gasteiger partial charge in [0, 0.05) is 19.1 Å². The molecule has 0 amide bonds. The van der Waals surface area contributed by atoms with Crippen molar-refractivity contribution >= 4 is 40.6 Å². The van der Waals surface area contributed by atoms with Crippen molar-refractivity contribution in [2.75, 3.05) is 31.6 Å². The molecule has 20 heavy (non-hydrogen) atoms. The fourth-order valence-corrected chi connectivity index (χ4v) is 3.35. The first-order valence-corrected chi connectivity index (χ1v) is 7.88. The van der Waals surface area contributed by atoms with E-state index in [0.29, 0.717) is 28.4 Å². The quantitative estimate of drug-likeness (QED) is 0.859. The first kappa shape index (κ1) is 14.7. The van der Waals surface area contributed by atoms with Gasteiger partial charge in [0.15, 0.2) is 0 Å². The van der Waals surface area contributed by atoms with Crippen molar-refractivity contribution in [3.63, 3.8) is 0 Å². The molecule has 0 bridgehead atoms. The zero-order valence-corrected chi connectivity index (χ0v) is 13.2. The zero-order chi connectivity index (χ0) is 14.1. The largest absolute Gasteiger partial charge is 0.373 e. The molecule has 7 heteroatoms. The van der Waals surface area contributed by atoms with Crippen molar-refractivity contribution in [1.82, 2.24) is 9.88 Å². The number of hydrogen-bond acceptors (Lipinski definition) is 4. The molecule has 3 heterocycles. The average molecular weight is 337 g/mol. The van der Waals surface area contributed by atoms with Crippen LogP contribution >= 0.6 is 34.8 Å². The second-order valence-corrected chi connectivity index (χ2v) is 6.39. The van der Waals surface area contributed by atoms with E-state index in [1.165, 1.54) is 19.4 Å². The Morgan fingerprint density at radius 1 is 1.35 bits per heavy atom. The molecule has 1 aromatic heterocycles. The highest BCUT2D eigenvalue weighted by atomic mass is 35.5. The van der Waals surface area contributed by atoms with Crippen LogP contribution in [0.4, 0.5) is 5.82 Å². The molecular formula is C13H16Cl3N3O. The third-order valence-electron chi connectivity index (χ3n) is 3.85. The predicted molar refractivity (Wildman–Crippen MR) is 82.1 cm³/mol. The summed E-state index contributed by atoms with van der Waals surface area (Å²) in [5.41, 5.74) is 0. The molecule has 110 valence electrons. The van der Waals surface area contributed by atoms with Crippen molar-refractivity contribution in [2.45, 2.75) is 25.0 Å². The predicted octanol–water partition coefficient (Wildman–Crippen LogP) is 3.32. The van der Waals surface area contributed by atoms with Gasteiger partial charge in [0.05, 0.1) is 22.8 Å². The lowest BCUT2D eigenvalue weighted by Gasteiger charge is -2.35. The van der Waals surface area contributed by atoms with E-state index in [1.807, 2.05) is 0 Å². The van der Waals surface area contributed by atoms with Crippen molar-refractivity contribution in [2.24, 2.45) is 0 Å². The van der Waals surface area contributed by atoms with Gasteiger partial charge >= 0.3 is 0 Å². The molecule has 2 aliphatic rings. The van der Waals surface area contributed by atoms with E-state index in [0.717, 1.165) is 13.2 Å². The summed E-state index contributed by atoms with van der Waals surface area (Å²) in [5, 5.41) is 4.27. The highest BCUT2D eigenvalue weighted by molar-refractivity contribution is 6.42. The van der Waals surface area contributed by atoms with Gasteiger partial charge in [-0.25, -0.2) is 4.98 Å². The Labute approximate surface area is 133 Å². The number of fused-ring (bicyclic) bond motifs is 1. The molecule has 0 saturated carbocycles. The molecule has 0 radical (unpaired) electrons. The Balaban J connectivity index is 1.58. The number of pyridine rings is 1. The molecule has 2 unspecified atom stereocenters. The number of nitrogens with one attached hydrogen (secondary N) is 1. The van der Waals surface area contributed by atoms with Crippen LogP contribution < -0.4 is 5.32 Å². The highest BCUT2D eigenvalue weighted by Crippen LogP contribution is 2.29. The van der Waals surface area contributed by atoms with Gasteiger partial charge in [0.1, 0.15) is 11.0 Å². The number of ether oxygens (including phenoxy) is 1. The zero-order valence-electron chi connectivity index (χ0n) is 10.9. The first-order valence-electron chi connectivity index (χ1n) is 6.74. The Morgan fingerprint density at radius 2 is 2.20 bits per heavy atom. The lowest BCUT2D eigenvalue weighted by molar-refractivity contribution is -0.0416. The minimum Gasteiger partial charge on any atom is -0.373 e. The summed E-state index contributed by atoms with van der Waals surface area (Å²) in [4.78, 5) is 6.64. The van der Waals surface area contributed by atoms with E-state index in [-0.39, 0.29) is 11.3 Å². The van der Waals surface area contributed by atoms with Gasteiger partial charge in [0.2, 0.25) is 0 Å². The van der Waals surface area contributed by atoms with Crippen LogP contribution in [0.5, 0.6) is 0 Å². The second kappa shape index (κ2) is 6.24. The fourth-order valence-electron chi connectivity index (χ4n) is 2.79. The van der Waals surface area contributed by atoms with Crippen LogP contribution in [-0.4, -0.2) is 48.3 Å². The first-order chi connectivity index (χ1) is 9.63. The van der Waals surface area contributed by atoms with Crippen LogP contribution in [0.3, 0.4) is 0 Å². The minimum atomic E-state index is 0.150. The second-order valence-electron chi connectivity index (χ2n) is 5.22. The fraction of sp³-hybridized carbons (Fsp3) is 0.615.